The molecule has 4 rings (SSSR count). The maximum absolute atomic E-state index is 14.8. The SMILES string of the molecule is CCCc1ccc2c(c1F)Oc1c(cc(CCC3OCC(CCC)CO3)c(F)c1F)C2. The number of hydrogen-bond donors (Lipinski definition) is 0. The molecule has 168 valence electrons. The Morgan fingerprint density at radius 1 is 0.806 bits per heavy atom. The van der Waals surface area contributed by atoms with Gasteiger partial charge in [0.2, 0.25) is 5.82 Å². The van der Waals surface area contributed by atoms with E-state index in [1.165, 1.54) is 0 Å². The van der Waals surface area contributed by atoms with E-state index in [0.717, 1.165) is 19.3 Å². The number of benzene rings is 2. The molecule has 2 heterocycles. The molecule has 0 N–H and O–H groups in total. The zero-order valence-corrected chi connectivity index (χ0v) is 18.1. The lowest BCUT2D eigenvalue weighted by Crippen LogP contribution is -2.32. The van der Waals surface area contributed by atoms with Gasteiger partial charge in [-0.05, 0) is 36.5 Å². The molecular formula is C25H29F3O3. The predicted molar refractivity (Wildman–Crippen MR) is 112 cm³/mol. The number of rotatable bonds is 7. The molecule has 2 aliphatic heterocycles. The first-order chi connectivity index (χ1) is 15.0. The van der Waals surface area contributed by atoms with Gasteiger partial charge in [-0.1, -0.05) is 38.8 Å². The maximum atomic E-state index is 14.8. The lowest BCUT2D eigenvalue weighted by molar-refractivity contribution is -0.203. The zero-order chi connectivity index (χ0) is 22.0. The Hall–Kier alpha value is -2.05. The van der Waals surface area contributed by atoms with Crippen LogP contribution in [0.5, 0.6) is 11.5 Å². The van der Waals surface area contributed by atoms with Crippen molar-refractivity contribution in [3.63, 3.8) is 0 Å². The Morgan fingerprint density at radius 3 is 2.26 bits per heavy atom. The molecule has 2 aromatic carbocycles. The molecule has 0 radical (unpaired) electrons. The molecule has 1 saturated heterocycles. The molecule has 0 bridgehead atoms. The van der Waals surface area contributed by atoms with Gasteiger partial charge >= 0.3 is 0 Å². The summed E-state index contributed by atoms with van der Waals surface area (Å²) >= 11 is 0. The van der Waals surface area contributed by atoms with Gasteiger partial charge < -0.3 is 14.2 Å². The topological polar surface area (TPSA) is 27.7 Å². The summed E-state index contributed by atoms with van der Waals surface area (Å²) in [5, 5.41) is 0. The van der Waals surface area contributed by atoms with Gasteiger partial charge in [-0.25, -0.2) is 8.78 Å². The molecule has 0 amide bonds. The molecular weight excluding hydrogens is 405 g/mol. The summed E-state index contributed by atoms with van der Waals surface area (Å²) in [4.78, 5) is 0. The molecule has 6 heteroatoms. The van der Waals surface area contributed by atoms with Crippen LogP contribution >= 0.6 is 0 Å². The van der Waals surface area contributed by atoms with Crippen molar-refractivity contribution in [1.82, 2.24) is 0 Å². The lowest BCUT2D eigenvalue weighted by atomic mass is 9.94. The summed E-state index contributed by atoms with van der Waals surface area (Å²) in [5.41, 5.74) is 1.95. The molecule has 2 aliphatic rings. The smallest absolute Gasteiger partial charge is 0.201 e. The van der Waals surface area contributed by atoms with Gasteiger partial charge in [0.05, 0.1) is 13.2 Å². The summed E-state index contributed by atoms with van der Waals surface area (Å²) < 4.78 is 61.4. The lowest BCUT2D eigenvalue weighted by Gasteiger charge is -2.29. The van der Waals surface area contributed by atoms with Crippen LogP contribution in [-0.4, -0.2) is 19.5 Å². The molecule has 3 nitrogen and oxygen atoms in total. The highest BCUT2D eigenvalue weighted by atomic mass is 19.2. The van der Waals surface area contributed by atoms with E-state index in [4.69, 9.17) is 14.2 Å². The van der Waals surface area contributed by atoms with Crippen LogP contribution in [-0.2, 0) is 28.7 Å². The predicted octanol–water partition coefficient (Wildman–Crippen LogP) is 6.47. The molecule has 2 aromatic rings. The Morgan fingerprint density at radius 2 is 1.55 bits per heavy atom. The van der Waals surface area contributed by atoms with Crippen molar-refractivity contribution in [1.29, 1.82) is 0 Å². The summed E-state index contributed by atoms with van der Waals surface area (Å²) in [7, 11) is 0. The van der Waals surface area contributed by atoms with Crippen LogP contribution in [0.3, 0.4) is 0 Å². The second-order valence-corrected chi connectivity index (χ2v) is 8.50. The van der Waals surface area contributed by atoms with E-state index in [0.29, 0.717) is 55.1 Å². The quantitative estimate of drug-likeness (QED) is 0.426. The van der Waals surface area contributed by atoms with Crippen molar-refractivity contribution in [3.8, 4) is 11.5 Å². The van der Waals surface area contributed by atoms with E-state index in [9.17, 15) is 13.2 Å². The molecule has 0 atom stereocenters. The van der Waals surface area contributed by atoms with Crippen LogP contribution < -0.4 is 4.74 Å². The van der Waals surface area contributed by atoms with Gasteiger partial charge in [-0.15, -0.1) is 0 Å². The monoisotopic (exact) mass is 434 g/mol. The van der Waals surface area contributed by atoms with E-state index >= 15 is 0 Å². The molecule has 0 aliphatic carbocycles. The molecule has 0 spiro atoms. The van der Waals surface area contributed by atoms with Gasteiger partial charge in [-0.3, -0.25) is 0 Å². The third-order valence-electron chi connectivity index (χ3n) is 6.06. The van der Waals surface area contributed by atoms with Crippen molar-refractivity contribution < 1.29 is 27.4 Å². The molecule has 31 heavy (non-hydrogen) atoms. The summed E-state index contributed by atoms with van der Waals surface area (Å²) in [6.45, 7) is 5.35. The van der Waals surface area contributed by atoms with Gasteiger partial charge in [-0.2, -0.15) is 4.39 Å². The first kappa shape index (κ1) is 22.2. The van der Waals surface area contributed by atoms with Crippen LogP contribution in [0.4, 0.5) is 13.2 Å². The average molecular weight is 434 g/mol. The van der Waals surface area contributed by atoms with Gasteiger partial charge in [0.1, 0.15) is 0 Å². The Bertz CT molecular complexity index is 936. The Balaban J connectivity index is 1.49. The van der Waals surface area contributed by atoms with Gasteiger partial charge in [0.15, 0.2) is 29.4 Å². The van der Waals surface area contributed by atoms with Crippen molar-refractivity contribution >= 4 is 0 Å². The van der Waals surface area contributed by atoms with E-state index in [-0.39, 0.29) is 23.5 Å². The van der Waals surface area contributed by atoms with Crippen LogP contribution in [0.15, 0.2) is 18.2 Å². The van der Waals surface area contributed by atoms with Gasteiger partial charge in [0.25, 0.3) is 0 Å². The van der Waals surface area contributed by atoms with E-state index in [1.807, 2.05) is 13.0 Å². The van der Waals surface area contributed by atoms with Crippen molar-refractivity contribution in [3.05, 3.63) is 57.9 Å². The summed E-state index contributed by atoms with van der Waals surface area (Å²) in [6.07, 6.45) is 4.11. The Kier molecular flexibility index (Phi) is 6.87. The maximum Gasteiger partial charge on any atom is 0.201 e. The normalized spacial score (nSPS) is 20.2. The third kappa shape index (κ3) is 4.60. The van der Waals surface area contributed by atoms with E-state index < -0.39 is 23.7 Å². The minimum Gasteiger partial charge on any atom is -0.450 e. The van der Waals surface area contributed by atoms with Crippen molar-refractivity contribution in [2.45, 2.75) is 65.1 Å². The highest BCUT2D eigenvalue weighted by Crippen LogP contribution is 2.42. The van der Waals surface area contributed by atoms with Crippen molar-refractivity contribution in [2.24, 2.45) is 5.92 Å². The fourth-order valence-electron chi connectivity index (χ4n) is 4.40. The second-order valence-electron chi connectivity index (χ2n) is 8.50. The van der Waals surface area contributed by atoms with Gasteiger partial charge in [0, 0.05) is 29.9 Å². The fourth-order valence-corrected chi connectivity index (χ4v) is 4.40. The average Bonchev–Trinajstić information content (AvgIpc) is 2.78. The zero-order valence-electron chi connectivity index (χ0n) is 18.1. The van der Waals surface area contributed by atoms with Crippen LogP contribution in [0.2, 0.25) is 0 Å². The highest BCUT2D eigenvalue weighted by Gasteiger charge is 2.29. The first-order valence-electron chi connectivity index (χ1n) is 11.2. The molecule has 0 aromatic heterocycles. The number of hydrogen-bond acceptors (Lipinski definition) is 3. The van der Waals surface area contributed by atoms with Crippen molar-refractivity contribution in [2.75, 3.05) is 13.2 Å². The second kappa shape index (κ2) is 9.61. The number of ether oxygens (including phenoxy) is 3. The summed E-state index contributed by atoms with van der Waals surface area (Å²) in [6, 6.07) is 5.18. The van der Waals surface area contributed by atoms with Crippen LogP contribution in [0.25, 0.3) is 0 Å². The van der Waals surface area contributed by atoms with E-state index in [1.54, 1.807) is 12.1 Å². The van der Waals surface area contributed by atoms with Crippen LogP contribution in [0, 0.1) is 23.4 Å². The van der Waals surface area contributed by atoms with E-state index in [2.05, 4.69) is 6.92 Å². The minimum atomic E-state index is -1.06. The molecule has 0 saturated carbocycles. The first-order valence-corrected chi connectivity index (χ1v) is 11.2. The molecule has 0 unspecified atom stereocenters. The minimum absolute atomic E-state index is 0.00939. The molecule has 1 fully saturated rings. The number of halogens is 3. The Labute approximate surface area is 181 Å². The largest absolute Gasteiger partial charge is 0.450 e. The standard InChI is InChI=1S/C25H29F3O3/c1-3-5-15-13-29-20(30-14-15)10-9-17-11-19-12-18-8-7-16(6-4-2)22(27)24(18)31-25(19)23(28)21(17)26/h7-8,11,15,20H,3-6,9-10,12-14H2,1-2H3. The highest BCUT2D eigenvalue weighted by molar-refractivity contribution is 5.53. The number of aryl methyl sites for hydroxylation is 2. The number of fused-ring (bicyclic) bond motifs is 2. The van der Waals surface area contributed by atoms with Crippen LogP contribution in [0.1, 0.15) is 61.8 Å². The fraction of sp³-hybridized carbons (Fsp3) is 0.520. The summed E-state index contributed by atoms with van der Waals surface area (Å²) in [5.74, 6) is -2.31. The third-order valence-corrected chi connectivity index (χ3v) is 6.06.